The Hall–Kier alpha value is -1.68. The van der Waals surface area contributed by atoms with Crippen LogP contribution >= 0.6 is 11.6 Å². The molecular formula is C16H19ClO4. The minimum atomic E-state index is -0.343. The number of halogens is 1. The number of ether oxygens (including phenoxy) is 2. The van der Waals surface area contributed by atoms with Gasteiger partial charge >= 0.3 is 5.63 Å². The molecule has 1 aromatic heterocycles. The van der Waals surface area contributed by atoms with Gasteiger partial charge in [0.25, 0.3) is 0 Å². The Labute approximate surface area is 128 Å². The van der Waals surface area contributed by atoms with Crippen molar-refractivity contribution in [2.75, 3.05) is 19.6 Å². The van der Waals surface area contributed by atoms with Gasteiger partial charge in [-0.2, -0.15) is 0 Å². The van der Waals surface area contributed by atoms with Gasteiger partial charge in [-0.25, -0.2) is 4.79 Å². The number of rotatable bonds is 6. The summed E-state index contributed by atoms with van der Waals surface area (Å²) < 4.78 is 16.4. The van der Waals surface area contributed by atoms with Crippen molar-refractivity contribution >= 4 is 22.6 Å². The number of hydrogen-bond acceptors (Lipinski definition) is 4. The molecule has 2 rings (SSSR count). The average Bonchev–Trinajstić information content (AvgIpc) is 2.48. The summed E-state index contributed by atoms with van der Waals surface area (Å²) in [5.41, 5.74) is 1.65. The van der Waals surface area contributed by atoms with E-state index in [1.807, 2.05) is 19.9 Å². The maximum absolute atomic E-state index is 12.0. The van der Waals surface area contributed by atoms with Gasteiger partial charge in [0.2, 0.25) is 0 Å². The van der Waals surface area contributed by atoms with E-state index in [0.717, 1.165) is 17.4 Å². The van der Waals surface area contributed by atoms with E-state index in [9.17, 15) is 4.79 Å². The van der Waals surface area contributed by atoms with Crippen molar-refractivity contribution in [1.82, 2.24) is 0 Å². The molecule has 0 spiro atoms. The Morgan fingerprint density at radius 1 is 1.29 bits per heavy atom. The molecule has 1 heterocycles. The maximum atomic E-state index is 12.0. The Morgan fingerprint density at radius 2 is 2.05 bits per heavy atom. The third-order valence-corrected chi connectivity index (χ3v) is 3.57. The minimum absolute atomic E-state index is 0.343. The molecule has 0 aliphatic heterocycles. The molecule has 0 bridgehead atoms. The highest BCUT2D eigenvalue weighted by molar-refractivity contribution is 6.18. The van der Waals surface area contributed by atoms with Crippen LogP contribution < -0.4 is 15.1 Å². The molecule has 4 nitrogen and oxygen atoms in total. The number of methoxy groups -OCH3 is 1. The highest BCUT2D eigenvalue weighted by Gasteiger charge is 2.15. The molecule has 114 valence electrons. The Bertz CT molecular complexity index is 691. The SMILES string of the molecule is CCCOc1cc2c(C)c(CCCl)c(=O)oc2cc1OC. The predicted octanol–water partition coefficient (Wildman–Crippen LogP) is 3.68. The average molecular weight is 311 g/mol. The van der Waals surface area contributed by atoms with Gasteiger partial charge < -0.3 is 13.9 Å². The summed E-state index contributed by atoms with van der Waals surface area (Å²) in [6.45, 7) is 4.54. The summed E-state index contributed by atoms with van der Waals surface area (Å²) in [5.74, 6) is 1.59. The summed E-state index contributed by atoms with van der Waals surface area (Å²) in [6.07, 6.45) is 1.39. The summed E-state index contributed by atoms with van der Waals surface area (Å²) in [7, 11) is 1.56. The fourth-order valence-electron chi connectivity index (χ4n) is 2.26. The second-order valence-electron chi connectivity index (χ2n) is 4.78. The number of alkyl halides is 1. The van der Waals surface area contributed by atoms with Crippen LogP contribution in [0.3, 0.4) is 0 Å². The largest absolute Gasteiger partial charge is 0.493 e. The van der Waals surface area contributed by atoms with Crippen molar-refractivity contribution in [1.29, 1.82) is 0 Å². The molecule has 0 atom stereocenters. The van der Waals surface area contributed by atoms with E-state index in [1.165, 1.54) is 0 Å². The fraction of sp³-hybridized carbons (Fsp3) is 0.438. The molecule has 0 aliphatic rings. The second kappa shape index (κ2) is 6.85. The lowest BCUT2D eigenvalue weighted by molar-refractivity contribution is 0.294. The first-order chi connectivity index (χ1) is 10.1. The molecule has 1 aromatic carbocycles. The quantitative estimate of drug-likeness (QED) is 0.603. The number of hydrogen-bond donors (Lipinski definition) is 0. The van der Waals surface area contributed by atoms with E-state index in [0.29, 0.717) is 41.6 Å². The summed E-state index contributed by atoms with van der Waals surface area (Å²) >= 11 is 5.75. The van der Waals surface area contributed by atoms with Gasteiger partial charge in [0, 0.05) is 22.9 Å². The minimum Gasteiger partial charge on any atom is -0.493 e. The first-order valence-corrected chi connectivity index (χ1v) is 7.48. The summed E-state index contributed by atoms with van der Waals surface area (Å²) in [6, 6.07) is 3.55. The lowest BCUT2D eigenvalue weighted by Gasteiger charge is -2.13. The fourth-order valence-corrected chi connectivity index (χ4v) is 2.45. The lowest BCUT2D eigenvalue weighted by atomic mass is 10.0. The van der Waals surface area contributed by atoms with Crippen molar-refractivity contribution in [2.45, 2.75) is 26.7 Å². The smallest absolute Gasteiger partial charge is 0.339 e. The monoisotopic (exact) mass is 310 g/mol. The maximum Gasteiger partial charge on any atom is 0.339 e. The molecule has 5 heteroatoms. The van der Waals surface area contributed by atoms with E-state index in [-0.39, 0.29) is 5.63 Å². The van der Waals surface area contributed by atoms with Crippen LogP contribution in [0.25, 0.3) is 11.0 Å². The first-order valence-electron chi connectivity index (χ1n) is 6.95. The summed E-state index contributed by atoms with van der Waals surface area (Å²) in [5, 5.41) is 0.849. The highest BCUT2D eigenvalue weighted by Crippen LogP contribution is 2.34. The molecule has 0 amide bonds. The van der Waals surface area contributed by atoms with Crippen molar-refractivity contribution in [2.24, 2.45) is 0 Å². The Kier molecular flexibility index (Phi) is 5.12. The molecule has 0 unspecified atom stereocenters. The van der Waals surface area contributed by atoms with Gasteiger partial charge in [-0.1, -0.05) is 6.92 Å². The lowest BCUT2D eigenvalue weighted by Crippen LogP contribution is -2.11. The van der Waals surface area contributed by atoms with E-state index in [1.54, 1.807) is 13.2 Å². The van der Waals surface area contributed by atoms with Crippen LogP contribution in [0.1, 0.15) is 24.5 Å². The predicted molar refractivity (Wildman–Crippen MR) is 84.0 cm³/mol. The Balaban J connectivity index is 2.64. The van der Waals surface area contributed by atoms with Gasteiger partial charge in [-0.15, -0.1) is 11.6 Å². The normalized spacial score (nSPS) is 10.9. The molecule has 21 heavy (non-hydrogen) atoms. The molecule has 2 aromatic rings. The van der Waals surface area contributed by atoms with Crippen LogP contribution in [0.15, 0.2) is 21.3 Å². The molecule has 0 aliphatic carbocycles. The number of fused-ring (bicyclic) bond motifs is 1. The van der Waals surface area contributed by atoms with Gasteiger partial charge in [-0.05, 0) is 31.4 Å². The van der Waals surface area contributed by atoms with Crippen LogP contribution in [-0.4, -0.2) is 19.6 Å². The third-order valence-electron chi connectivity index (χ3n) is 3.38. The molecule has 0 saturated heterocycles. The van der Waals surface area contributed by atoms with Gasteiger partial charge in [0.1, 0.15) is 5.58 Å². The zero-order valence-electron chi connectivity index (χ0n) is 12.5. The van der Waals surface area contributed by atoms with Crippen LogP contribution in [0.5, 0.6) is 11.5 Å². The molecular weight excluding hydrogens is 292 g/mol. The van der Waals surface area contributed by atoms with Crippen molar-refractivity contribution in [3.05, 3.63) is 33.7 Å². The number of benzene rings is 1. The van der Waals surface area contributed by atoms with Crippen molar-refractivity contribution < 1.29 is 13.9 Å². The van der Waals surface area contributed by atoms with Gasteiger partial charge in [0.05, 0.1) is 13.7 Å². The molecule has 0 N–H and O–H groups in total. The highest BCUT2D eigenvalue weighted by atomic mass is 35.5. The summed E-state index contributed by atoms with van der Waals surface area (Å²) in [4.78, 5) is 12.0. The van der Waals surface area contributed by atoms with E-state index >= 15 is 0 Å². The molecule has 0 saturated carbocycles. The van der Waals surface area contributed by atoms with E-state index in [2.05, 4.69) is 0 Å². The van der Waals surface area contributed by atoms with Crippen LogP contribution in [0, 0.1) is 6.92 Å². The van der Waals surface area contributed by atoms with Crippen LogP contribution in [0.4, 0.5) is 0 Å². The third kappa shape index (κ3) is 3.16. The van der Waals surface area contributed by atoms with Crippen molar-refractivity contribution in [3.8, 4) is 11.5 Å². The molecule has 0 radical (unpaired) electrons. The Morgan fingerprint density at radius 3 is 2.67 bits per heavy atom. The zero-order valence-corrected chi connectivity index (χ0v) is 13.3. The van der Waals surface area contributed by atoms with Gasteiger partial charge in [-0.3, -0.25) is 0 Å². The standard InChI is InChI=1S/C16H19ClO4/c1-4-7-20-15-8-12-10(2)11(5-6-17)16(18)21-13(12)9-14(15)19-3/h8-9H,4-7H2,1-3H3. The molecule has 0 fully saturated rings. The van der Waals surface area contributed by atoms with Crippen LogP contribution in [-0.2, 0) is 6.42 Å². The second-order valence-corrected chi connectivity index (χ2v) is 5.16. The van der Waals surface area contributed by atoms with Crippen molar-refractivity contribution in [3.63, 3.8) is 0 Å². The van der Waals surface area contributed by atoms with E-state index in [4.69, 9.17) is 25.5 Å². The van der Waals surface area contributed by atoms with E-state index < -0.39 is 0 Å². The topological polar surface area (TPSA) is 48.7 Å². The number of aryl methyl sites for hydroxylation is 1. The zero-order chi connectivity index (χ0) is 15.4. The van der Waals surface area contributed by atoms with Crippen LogP contribution in [0.2, 0.25) is 0 Å². The van der Waals surface area contributed by atoms with Gasteiger partial charge in [0.15, 0.2) is 11.5 Å². The first kappa shape index (κ1) is 15.7.